The average Bonchev–Trinajstić information content (AvgIpc) is 2.69. The van der Waals surface area contributed by atoms with Gasteiger partial charge in [0.1, 0.15) is 5.75 Å². The number of phenolic OH excluding ortho intramolecular Hbond substituents is 1. The Morgan fingerprint density at radius 2 is 2.21 bits per heavy atom. The van der Waals surface area contributed by atoms with E-state index in [0.29, 0.717) is 11.9 Å². The van der Waals surface area contributed by atoms with E-state index in [1.165, 1.54) is 12.8 Å². The average molecular weight is 192 g/mol. The molecule has 0 saturated carbocycles. The molecule has 14 heavy (non-hydrogen) atoms. The first-order valence-electron chi connectivity index (χ1n) is 5.25. The minimum atomic E-state index is 0.408. The molecule has 1 aliphatic heterocycles. The van der Waals surface area contributed by atoms with Gasteiger partial charge in [-0.1, -0.05) is 18.2 Å². The lowest BCUT2D eigenvalue weighted by Crippen LogP contribution is -2.06. The summed E-state index contributed by atoms with van der Waals surface area (Å²) in [5.41, 5.74) is 1.03. The molecule has 1 fully saturated rings. The molecule has 1 aromatic carbocycles. The van der Waals surface area contributed by atoms with Gasteiger partial charge in [-0.3, -0.25) is 0 Å². The second-order valence-corrected chi connectivity index (χ2v) is 3.80. The third-order valence-corrected chi connectivity index (χ3v) is 2.75. The summed E-state index contributed by atoms with van der Waals surface area (Å²) in [7, 11) is 0. The Bertz CT molecular complexity index is 290. The molecule has 0 bridgehead atoms. The highest BCUT2D eigenvalue weighted by Crippen LogP contribution is 2.22. The molecule has 1 aliphatic rings. The molecular formula is C12H16O2. The van der Waals surface area contributed by atoms with Gasteiger partial charge in [0.05, 0.1) is 6.10 Å². The summed E-state index contributed by atoms with van der Waals surface area (Å²) >= 11 is 0. The minimum Gasteiger partial charge on any atom is -0.508 e. The van der Waals surface area contributed by atoms with Gasteiger partial charge in [0, 0.05) is 6.61 Å². The number of aromatic hydroxyl groups is 1. The highest BCUT2D eigenvalue weighted by atomic mass is 16.5. The Hall–Kier alpha value is -1.02. The summed E-state index contributed by atoms with van der Waals surface area (Å²) in [6.45, 7) is 0.908. The van der Waals surface area contributed by atoms with E-state index in [2.05, 4.69) is 0 Å². The molecule has 0 aromatic heterocycles. The van der Waals surface area contributed by atoms with Crippen LogP contribution in [0, 0.1) is 0 Å². The molecule has 1 heterocycles. The number of phenols is 1. The SMILES string of the molecule is Oc1ccccc1CCC1CCCO1. The van der Waals surface area contributed by atoms with Crippen molar-refractivity contribution in [3.63, 3.8) is 0 Å². The lowest BCUT2D eigenvalue weighted by Gasteiger charge is -2.09. The van der Waals surface area contributed by atoms with Gasteiger partial charge in [-0.15, -0.1) is 0 Å². The molecule has 1 atom stereocenters. The first-order chi connectivity index (χ1) is 6.86. The van der Waals surface area contributed by atoms with E-state index in [1.54, 1.807) is 6.07 Å². The Kier molecular flexibility index (Phi) is 3.04. The van der Waals surface area contributed by atoms with E-state index in [4.69, 9.17) is 4.74 Å². The van der Waals surface area contributed by atoms with Crippen LogP contribution in [0.4, 0.5) is 0 Å². The summed E-state index contributed by atoms with van der Waals surface area (Å²) in [4.78, 5) is 0. The van der Waals surface area contributed by atoms with Crippen molar-refractivity contribution >= 4 is 0 Å². The van der Waals surface area contributed by atoms with Crippen molar-refractivity contribution in [2.45, 2.75) is 31.8 Å². The van der Waals surface area contributed by atoms with E-state index in [1.807, 2.05) is 18.2 Å². The van der Waals surface area contributed by atoms with E-state index in [0.717, 1.165) is 25.0 Å². The fourth-order valence-corrected chi connectivity index (χ4v) is 1.91. The van der Waals surface area contributed by atoms with Gasteiger partial charge >= 0.3 is 0 Å². The van der Waals surface area contributed by atoms with Gasteiger partial charge in [0.2, 0.25) is 0 Å². The zero-order valence-electron chi connectivity index (χ0n) is 8.28. The Morgan fingerprint density at radius 1 is 1.36 bits per heavy atom. The summed E-state index contributed by atoms with van der Waals surface area (Å²) in [6.07, 6.45) is 4.71. The van der Waals surface area contributed by atoms with Crippen LogP contribution in [0.15, 0.2) is 24.3 Å². The van der Waals surface area contributed by atoms with Crippen LogP contribution < -0.4 is 0 Å². The standard InChI is InChI=1S/C12H16O2/c13-12-6-2-1-4-10(12)7-8-11-5-3-9-14-11/h1-2,4,6,11,13H,3,5,7-9H2. The van der Waals surface area contributed by atoms with Gasteiger partial charge in [0.25, 0.3) is 0 Å². The van der Waals surface area contributed by atoms with E-state index < -0.39 is 0 Å². The smallest absolute Gasteiger partial charge is 0.118 e. The third-order valence-electron chi connectivity index (χ3n) is 2.75. The van der Waals surface area contributed by atoms with E-state index in [9.17, 15) is 5.11 Å². The predicted octanol–water partition coefficient (Wildman–Crippen LogP) is 2.50. The quantitative estimate of drug-likeness (QED) is 0.797. The molecule has 1 aromatic rings. The zero-order chi connectivity index (χ0) is 9.80. The molecule has 2 rings (SSSR count). The molecule has 0 aliphatic carbocycles. The van der Waals surface area contributed by atoms with Crippen LogP contribution in [0.1, 0.15) is 24.8 Å². The van der Waals surface area contributed by atoms with Crippen LogP contribution >= 0.6 is 0 Å². The van der Waals surface area contributed by atoms with Crippen molar-refractivity contribution in [1.29, 1.82) is 0 Å². The first kappa shape index (κ1) is 9.53. The molecule has 1 N–H and O–H groups in total. The molecule has 76 valence electrons. The lowest BCUT2D eigenvalue weighted by molar-refractivity contribution is 0.104. The number of hydrogen-bond acceptors (Lipinski definition) is 2. The number of benzene rings is 1. The maximum atomic E-state index is 9.54. The Labute approximate surface area is 84.5 Å². The van der Waals surface area contributed by atoms with E-state index in [-0.39, 0.29) is 0 Å². The van der Waals surface area contributed by atoms with Crippen LogP contribution in [0.25, 0.3) is 0 Å². The van der Waals surface area contributed by atoms with Crippen LogP contribution in [0.3, 0.4) is 0 Å². The van der Waals surface area contributed by atoms with Crippen molar-refractivity contribution in [3.05, 3.63) is 29.8 Å². The van der Waals surface area contributed by atoms with Crippen LogP contribution in [-0.2, 0) is 11.2 Å². The minimum absolute atomic E-state index is 0.408. The molecule has 2 heteroatoms. The van der Waals surface area contributed by atoms with Crippen molar-refractivity contribution in [2.24, 2.45) is 0 Å². The maximum Gasteiger partial charge on any atom is 0.118 e. The maximum absolute atomic E-state index is 9.54. The van der Waals surface area contributed by atoms with Gasteiger partial charge in [0.15, 0.2) is 0 Å². The second kappa shape index (κ2) is 4.47. The van der Waals surface area contributed by atoms with Crippen molar-refractivity contribution in [2.75, 3.05) is 6.61 Å². The summed E-state index contributed by atoms with van der Waals surface area (Å²) in [6, 6.07) is 7.53. The number of para-hydroxylation sites is 1. The molecule has 0 radical (unpaired) electrons. The molecule has 1 saturated heterocycles. The summed E-state index contributed by atoms with van der Waals surface area (Å²) < 4.78 is 5.53. The summed E-state index contributed by atoms with van der Waals surface area (Å²) in [5.74, 6) is 0.408. The van der Waals surface area contributed by atoms with Gasteiger partial charge < -0.3 is 9.84 Å². The topological polar surface area (TPSA) is 29.5 Å². The van der Waals surface area contributed by atoms with Gasteiger partial charge in [-0.2, -0.15) is 0 Å². The van der Waals surface area contributed by atoms with Gasteiger partial charge in [-0.25, -0.2) is 0 Å². The highest BCUT2D eigenvalue weighted by molar-refractivity contribution is 5.31. The van der Waals surface area contributed by atoms with Crippen LogP contribution in [0.5, 0.6) is 5.75 Å². The fraction of sp³-hybridized carbons (Fsp3) is 0.500. The number of aryl methyl sites for hydroxylation is 1. The zero-order valence-corrected chi connectivity index (χ0v) is 8.28. The summed E-state index contributed by atoms with van der Waals surface area (Å²) in [5, 5.41) is 9.54. The lowest BCUT2D eigenvalue weighted by atomic mass is 10.0. The fourth-order valence-electron chi connectivity index (χ4n) is 1.91. The molecule has 2 nitrogen and oxygen atoms in total. The molecular weight excluding hydrogens is 176 g/mol. The number of ether oxygens (including phenoxy) is 1. The number of rotatable bonds is 3. The predicted molar refractivity (Wildman–Crippen MR) is 55.4 cm³/mol. The molecule has 0 amide bonds. The first-order valence-corrected chi connectivity index (χ1v) is 5.25. The number of hydrogen-bond donors (Lipinski definition) is 1. The van der Waals surface area contributed by atoms with Crippen LogP contribution in [-0.4, -0.2) is 17.8 Å². The van der Waals surface area contributed by atoms with Crippen LogP contribution in [0.2, 0.25) is 0 Å². The van der Waals surface area contributed by atoms with E-state index >= 15 is 0 Å². The normalized spacial score (nSPS) is 21.3. The molecule has 1 unspecified atom stereocenters. The van der Waals surface area contributed by atoms with Crippen molar-refractivity contribution < 1.29 is 9.84 Å². The monoisotopic (exact) mass is 192 g/mol. The largest absolute Gasteiger partial charge is 0.508 e. The highest BCUT2D eigenvalue weighted by Gasteiger charge is 2.15. The third kappa shape index (κ3) is 2.26. The Balaban J connectivity index is 1.88. The van der Waals surface area contributed by atoms with Gasteiger partial charge in [-0.05, 0) is 37.3 Å². The second-order valence-electron chi connectivity index (χ2n) is 3.80. The molecule has 0 spiro atoms. The van der Waals surface area contributed by atoms with Crippen molar-refractivity contribution in [1.82, 2.24) is 0 Å². The Morgan fingerprint density at radius 3 is 2.93 bits per heavy atom. The van der Waals surface area contributed by atoms with Crippen molar-refractivity contribution in [3.8, 4) is 5.75 Å².